The van der Waals surface area contributed by atoms with E-state index in [-0.39, 0.29) is 42.8 Å². The van der Waals surface area contributed by atoms with Crippen LogP contribution in [-0.4, -0.2) is 26.2 Å². The number of ether oxygens (including phenoxy) is 1. The molecular formula is C13H21Cl2FN2O. The Hall–Kier alpha value is -0.390. The zero-order chi connectivity index (χ0) is 12.3. The standard InChI is InChI=1S/C13H19FN2O.2ClH/c1-17-13(6-10-7-16-8-12(10)15)9-2-4-11(14)5-3-9;;/h2-5,10,12-13,16H,6-8,15H2,1H3;2*1H/t10-,12-,13?;;/m1../s1. The quantitative estimate of drug-likeness (QED) is 0.897. The van der Waals surface area contributed by atoms with Crippen LogP contribution >= 0.6 is 24.8 Å². The van der Waals surface area contributed by atoms with Crippen LogP contribution in [0.1, 0.15) is 18.1 Å². The van der Waals surface area contributed by atoms with Crippen LogP contribution in [0.15, 0.2) is 24.3 Å². The lowest BCUT2D eigenvalue weighted by Gasteiger charge is -2.21. The molecule has 6 heteroatoms. The Bertz CT molecular complexity index is 364. The third-order valence-corrected chi connectivity index (χ3v) is 3.44. The van der Waals surface area contributed by atoms with Gasteiger partial charge in [-0.3, -0.25) is 0 Å². The second-order valence-electron chi connectivity index (χ2n) is 4.59. The Morgan fingerprint density at radius 2 is 1.95 bits per heavy atom. The Balaban J connectivity index is 0.00000162. The summed E-state index contributed by atoms with van der Waals surface area (Å²) in [6.07, 6.45) is 0.864. The number of halogens is 3. The van der Waals surface area contributed by atoms with E-state index in [0.29, 0.717) is 5.92 Å². The minimum Gasteiger partial charge on any atom is -0.377 e. The predicted octanol–water partition coefficient (Wildman–Crippen LogP) is 2.29. The number of rotatable bonds is 4. The summed E-state index contributed by atoms with van der Waals surface area (Å²) in [6.45, 7) is 1.80. The number of nitrogens with two attached hydrogens (primary N) is 1. The first-order valence-corrected chi connectivity index (χ1v) is 5.95. The van der Waals surface area contributed by atoms with E-state index in [4.69, 9.17) is 10.5 Å². The predicted molar refractivity (Wildman–Crippen MR) is 79.6 cm³/mol. The van der Waals surface area contributed by atoms with Gasteiger partial charge in [0.2, 0.25) is 0 Å². The molecule has 0 saturated carbocycles. The molecule has 19 heavy (non-hydrogen) atoms. The Morgan fingerprint density at radius 3 is 2.42 bits per heavy atom. The van der Waals surface area contributed by atoms with Crippen LogP contribution in [0.4, 0.5) is 4.39 Å². The minimum atomic E-state index is -0.220. The van der Waals surface area contributed by atoms with Gasteiger partial charge < -0.3 is 15.8 Å². The molecule has 1 fully saturated rings. The van der Waals surface area contributed by atoms with E-state index in [1.165, 1.54) is 12.1 Å². The third kappa shape index (κ3) is 4.89. The van der Waals surface area contributed by atoms with Crippen LogP contribution < -0.4 is 11.1 Å². The van der Waals surface area contributed by atoms with E-state index in [0.717, 1.165) is 25.1 Å². The first-order valence-electron chi connectivity index (χ1n) is 5.95. The smallest absolute Gasteiger partial charge is 0.123 e. The molecule has 3 atom stereocenters. The average molecular weight is 311 g/mol. The van der Waals surface area contributed by atoms with Gasteiger partial charge in [-0.1, -0.05) is 12.1 Å². The summed E-state index contributed by atoms with van der Waals surface area (Å²) in [4.78, 5) is 0. The van der Waals surface area contributed by atoms with Crippen molar-refractivity contribution in [1.29, 1.82) is 0 Å². The fraction of sp³-hybridized carbons (Fsp3) is 0.538. The molecule has 110 valence electrons. The second-order valence-corrected chi connectivity index (χ2v) is 4.59. The van der Waals surface area contributed by atoms with E-state index < -0.39 is 0 Å². The summed E-state index contributed by atoms with van der Waals surface area (Å²) in [5, 5.41) is 3.27. The first kappa shape index (κ1) is 18.6. The van der Waals surface area contributed by atoms with Crippen LogP contribution in [0.3, 0.4) is 0 Å². The molecule has 2 rings (SSSR count). The molecule has 1 aromatic carbocycles. The molecule has 1 aromatic rings. The average Bonchev–Trinajstić information content (AvgIpc) is 2.73. The minimum absolute atomic E-state index is 0. The highest BCUT2D eigenvalue weighted by atomic mass is 35.5. The van der Waals surface area contributed by atoms with Gasteiger partial charge in [0, 0.05) is 19.7 Å². The van der Waals surface area contributed by atoms with Gasteiger partial charge in [0.25, 0.3) is 0 Å². The van der Waals surface area contributed by atoms with Gasteiger partial charge in [0.15, 0.2) is 0 Å². The second kappa shape index (κ2) is 8.72. The molecule has 0 amide bonds. The highest BCUT2D eigenvalue weighted by Gasteiger charge is 2.27. The van der Waals surface area contributed by atoms with Gasteiger partial charge in [-0.15, -0.1) is 24.8 Å². The number of benzene rings is 1. The zero-order valence-corrected chi connectivity index (χ0v) is 12.5. The molecule has 3 N–H and O–H groups in total. The molecular weight excluding hydrogens is 290 g/mol. The van der Waals surface area contributed by atoms with Crippen molar-refractivity contribution in [3.63, 3.8) is 0 Å². The lowest BCUT2D eigenvalue weighted by Crippen LogP contribution is -2.30. The van der Waals surface area contributed by atoms with E-state index in [1.54, 1.807) is 19.2 Å². The van der Waals surface area contributed by atoms with Crippen molar-refractivity contribution >= 4 is 24.8 Å². The number of hydrogen-bond donors (Lipinski definition) is 2. The summed E-state index contributed by atoms with van der Waals surface area (Å²) in [7, 11) is 1.68. The van der Waals surface area contributed by atoms with Gasteiger partial charge in [-0.05, 0) is 36.6 Å². The molecule has 1 aliphatic heterocycles. The molecule has 0 spiro atoms. The van der Waals surface area contributed by atoms with Crippen LogP contribution in [0.2, 0.25) is 0 Å². The van der Waals surface area contributed by atoms with Crippen molar-refractivity contribution in [2.45, 2.75) is 18.6 Å². The van der Waals surface area contributed by atoms with Crippen molar-refractivity contribution in [1.82, 2.24) is 5.32 Å². The van der Waals surface area contributed by atoms with Crippen molar-refractivity contribution in [3.05, 3.63) is 35.6 Å². The highest BCUT2D eigenvalue weighted by Crippen LogP contribution is 2.27. The van der Waals surface area contributed by atoms with E-state index in [2.05, 4.69) is 5.32 Å². The number of hydrogen-bond acceptors (Lipinski definition) is 3. The van der Waals surface area contributed by atoms with Crippen molar-refractivity contribution in [2.24, 2.45) is 11.7 Å². The van der Waals surface area contributed by atoms with Gasteiger partial charge in [-0.2, -0.15) is 0 Å². The zero-order valence-electron chi connectivity index (χ0n) is 10.8. The van der Waals surface area contributed by atoms with E-state index in [1.807, 2.05) is 0 Å². The lowest BCUT2D eigenvalue weighted by molar-refractivity contribution is 0.0804. The van der Waals surface area contributed by atoms with Crippen molar-refractivity contribution < 1.29 is 9.13 Å². The van der Waals surface area contributed by atoms with Crippen LogP contribution in [0.25, 0.3) is 0 Å². The number of methoxy groups -OCH3 is 1. The SMILES string of the molecule is COC(C[C@@H]1CNC[C@H]1N)c1ccc(F)cc1.Cl.Cl. The Morgan fingerprint density at radius 1 is 1.32 bits per heavy atom. The molecule has 0 bridgehead atoms. The largest absolute Gasteiger partial charge is 0.377 e. The monoisotopic (exact) mass is 310 g/mol. The van der Waals surface area contributed by atoms with Crippen molar-refractivity contribution in [2.75, 3.05) is 20.2 Å². The van der Waals surface area contributed by atoms with E-state index >= 15 is 0 Å². The fourth-order valence-corrected chi connectivity index (χ4v) is 2.33. The molecule has 0 radical (unpaired) electrons. The van der Waals surface area contributed by atoms with Crippen LogP contribution in [-0.2, 0) is 4.74 Å². The normalized spacial score (nSPS) is 23.3. The van der Waals surface area contributed by atoms with Gasteiger partial charge >= 0.3 is 0 Å². The van der Waals surface area contributed by atoms with Crippen LogP contribution in [0, 0.1) is 11.7 Å². The number of nitrogens with one attached hydrogen (secondary N) is 1. The summed E-state index contributed by atoms with van der Waals surface area (Å²) >= 11 is 0. The maximum atomic E-state index is 12.9. The Kier molecular flexibility index (Phi) is 8.54. The van der Waals surface area contributed by atoms with Gasteiger partial charge in [0.05, 0.1) is 6.10 Å². The fourth-order valence-electron chi connectivity index (χ4n) is 2.33. The summed E-state index contributed by atoms with van der Waals surface area (Å²) in [6, 6.07) is 6.67. The van der Waals surface area contributed by atoms with Gasteiger partial charge in [-0.25, -0.2) is 4.39 Å². The maximum Gasteiger partial charge on any atom is 0.123 e. The van der Waals surface area contributed by atoms with Crippen LogP contribution in [0.5, 0.6) is 0 Å². The molecule has 1 saturated heterocycles. The molecule has 1 unspecified atom stereocenters. The first-order chi connectivity index (χ1) is 8.20. The summed E-state index contributed by atoms with van der Waals surface area (Å²) < 4.78 is 18.3. The molecule has 0 aromatic heterocycles. The topological polar surface area (TPSA) is 47.3 Å². The molecule has 1 aliphatic rings. The summed E-state index contributed by atoms with van der Waals surface area (Å²) in [5.41, 5.74) is 7.01. The highest BCUT2D eigenvalue weighted by molar-refractivity contribution is 5.85. The van der Waals surface area contributed by atoms with E-state index in [9.17, 15) is 4.39 Å². The molecule has 1 heterocycles. The third-order valence-electron chi connectivity index (χ3n) is 3.44. The maximum absolute atomic E-state index is 12.9. The van der Waals surface area contributed by atoms with Gasteiger partial charge in [0.1, 0.15) is 5.82 Å². The molecule has 3 nitrogen and oxygen atoms in total. The van der Waals surface area contributed by atoms with Crippen molar-refractivity contribution in [3.8, 4) is 0 Å². The lowest BCUT2D eigenvalue weighted by atomic mass is 9.93. The Labute approximate surface area is 125 Å². The molecule has 0 aliphatic carbocycles. The summed E-state index contributed by atoms with van der Waals surface area (Å²) in [5.74, 6) is 0.202.